The molecule has 0 fully saturated rings. The molecule has 0 aliphatic rings. The predicted molar refractivity (Wildman–Crippen MR) is 60.8 cm³/mol. The molecule has 21 heavy (non-hydrogen) atoms. The Bertz CT molecular complexity index is 343. The minimum Gasteiger partial charge on any atom is -0.480 e. The van der Waals surface area contributed by atoms with E-state index in [1.54, 1.807) is 6.92 Å². The van der Waals surface area contributed by atoms with Crippen LogP contribution in [0.25, 0.3) is 0 Å². The first kappa shape index (κ1) is 20.0. The molecule has 0 aliphatic heterocycles. The van der Waals surface area contributed by atoms with Gasteiger partial charge in [0.1, 0.15) is 5.54 Å². The molecule has 2 unspecified atom stereocenters. The summed E-state index contributed by atoms with van der Waals surface area (Å²) < 4.78 is 78.1. The van der Waals surface area contributed by atoms with E-state index in [-0.39, 0.29) is 6.54 Å². The van der Waals surface area contributed by atoms with Gasteiger partial charge in [-0.2, -0.15) is 26.3 Å². The van der Waals surface area contributed by atoms with Gasteiger partial charge < -0.3 is 15.2 Å². The maximum Gasteiger partial charge on any atom is 0.423 e. The Morgan fingerprint density at radius 3 is 1.90 bits per heavy atom. The zero-order valence-electron chi connectivity index (χ0n) is 11.6. The van der Waals surface area contributed by atoms with Crippen molar-refractivity contribution < 1.29 is 41.0 Å². The lowest BCUT2D eigenvalue weighted by Gasteiger charge is -2.32. The number of carbonyl (C=O) groups is 1. The number of ether oxygens (including phenoxy) is 1. The Hall–Kier alpha value is -1.03. The van der Waals surface area contributed by atoms with E-state index in [9.17, 15) is 31.1 Å². The number of likely N-dealkylation sites (N-methyl/N-ethyl adjacent to an activating group) is 1. The number of alkyl halides is 6. The molecular formula is C11H17F6NO3. The summed E-state index contributed by atoms with van der Waals surface area (Å²) in [5, 5.41) is 11.5. The molecule has 0 heterocycles. The monoisotopic (exact) mass is 325 g/mol. The predicted octanol–water partition coefficient (Wildman–Crippen LogP) is 2.73. The van der Waals surface area contributed by atoms with Crippen LogP contribution in [0.5, 0.6) is 0 Å². The van der Waals surface area contributed by atoms with Crippen LogP contribution in [0.3, 0.4) is 0 Å². The van der Waals surface area contributed by atoms with E-state index >= 15 is 0 Å². The van der Waals surface area contributed by atoms with Crippen molar-refractivity contribution in [2.75, 3.05) is 6.54 Å². The zero-order valence-corrected chi connectivity index (χ0v) is 11.6. The van der Waals surface area contributed by atoms with Crippen molar-refractivity contribution >= 4 is 5.97 Å². The molecule has 0 aliphatic carbocycles. The van der Waals surface area contributed by atoms with E-state index < -0.39 is 42.5 Å². The van der Waals surface area contributed by atoms with E-state index in [1.165, 1.54) is 0 Å². The van der Waals surface area contributed by atoms with Gasteiger partial charge in [0.25, 0.3) is 0 Å². The lowest BCUT2D eigenvalue weighted by atomic mass is 9.94. The van der Waals surface area contributed by atoms with Crippen LogP contribution in [0.4, 0.5) is 26.3 Å². The molecule has 0 aromatic rings. The highest BCUT2D eigenvalue weighted by atomic mass is 19.4. The first-order chi connectivity index (χ1) is 9.24. The normalized spacial score (nSPS) is 17.6. The second-order valence-corrected chi connectivity index (χ2v) is 4.78. The average molecular weight is 325 g/mol. The Morgan fingerprint density at radius 1 is 1.19 bits per heavy atom. The SMILES string of the molecule is CCNC(C)(CC(C)OC(C(F)(F)F)C(F)(F)F)C(=O)O. The van der Waals surface area contributed by atoms with Gasteiger partial charge in [-0.25, -0.2) is 0 Å². The highest BCUT2D eigenvalue weighted by molar-refractivity contribution is 5.78. The van der Waals surface area contributed by atoms with Gasteiger partial charge in [0.2, 0.25) is 6.10 Å². The van der Waals surface area contributed by atoms with Crippen molar-refractivity contribution in [2.24, 2.45) is 0 Å². The third kappa shape index (κ3) is 6.08. The molecule has 4 nitrogen and oxygen atoms in total. The van der Waals surface area contributed by atoms with Gasteiger partial charge in [-0.15, -0.1) is 0 Å². The Balaban J connectivity index is 5.01. The van der Waals surface area contributed by atoms with E-state index in [4.69, 9.17) is 5.11 Å². The number of aliphatic carboxylic acids is 1. The topological polar surface area (TPSA) is 58.6 Å². The van der Waals surface area contributed by atoms with Crippen LogP contribution in [0, 0.1) is 0 Å². The largest absolute Gasteiger partial charge is 0.480 e. The minimum absolute atomic E-state index is 0.178. The van der Waals surface area contributed by atoms with Crippen molar-refractivity contribution in [3.05, 3.63) is 0 Å². The van der Waals surface area contributed by atoms with Crippen LogP contribution >= 0.6 is 0 Å². The molecule has 0 bridgehead atoms. The summed E-state index contributed by atoms with van der Waals surface area (Å²) in [6, 6.07) is 0. The Labute approximate surface area is 117 Å². The van der Waals surface area contributed by atoms with Crippen molar-refractivity contribution in [1.29, 1.82) is 0 Å². The molecule has 0 saturated heterocycles. The van der Waals surface area contributed by atoms with Crippen molar-refractivity contribution in [3.63, 3.8) is 0 Å². The molecule has 0 aromatic carbocycles. The summed E-state index contributed by atoms with van der Waals surface area (Å²) in [4.78, 5) is 11.1. The molecular weight excluding hydrogens is 308 g/mol. The van der Waals surface area contributed by atoms with E-state index in [0.29, 0.717) is 0 Å². The van der Waals surface area contributed by atoms with Crippen molar-refractivity contribution in [1.82, 2.24) is 5.32 Å². The summed E-state index contributed by atoms with van der Waals surface area (Å²) >= 11 is 0. The molecule has 2 atom stereocenters. The molecule has 0 amide bonds. The highest BCUT2D eigenvalue weighted by Crippen LogP contribution is 2.37. The standard InChI is InChI=1S/C11H17F6NO3/c1-4-18-9(3,8(19)20)5-6(2)21-7(10(12,13)14)11(15,16)17/h6-7,18H,4-5H2,1-3H3,(H,19,20). The fraction of sp³-hybridized carbons (Fsp3) is 0.909. The molecule has 2 N–H and O–H groups in total. The van der Waals surface area contributed by atoms with Crippen LogP contribution in [-0.4, -0.2) is 47.7 Å². The third-order valence-corrected chi connectivity index (χ3v) is 2.70. The summed E-state index contributed by atoms with van der Waals surface area (Å²) in [7, 11) is 0. The lowest BCUT2D eigenvalue weighted by Crippen LogP contribution is -2.53. The number of hydrogen-bond donors (Lipinski definition) is 2. The summed E-state index contributed by atoms with van der Waals surface area (Å²) in [5.74, 6) is -1.39. The highest BCUT2D eigenvalue weighted by Gasteiger charge is 2.58. The quantitative estimate of drug-likeness (QED) is 0.707. The van der Waals surface area contributed by atoms with Crippen LogP contribution < -0.4 is 5.32 Å². The Morgan fingerprint density at radius 2 is 1.62 bits per heavy atom. The van der Waals surface area contributed by atoms with Crippen molar-refractivity contribution in [2.45, 2.75) is 57.3 Å². The van der Waals surface area contributed by atoms with Crippen LogP contribution in [0.15, 0.2) is 0 Å². The first-order valence-corrected chi connectivity index (χ1v) is 6.01. The number of hydrogen-bond acceptors (Lipinski definition) is 3. The van der Waals surface area contributed by atoms with E-state index in [0.717, 1.165) is 13.8 Å². The smallest absolute Gasteiger partial charge is 0.423 e. The van der Waals surface area contributed by atoms with Gasteiger partial charge in [0.15, 0.2) is 0 Å². The Kier molecular flexibility index (Phi) is 6.49. The van der Waals surface area contributed by atoms with Gasteiger partial charge in [0, 0.05) is 6.42 Å². The van der Waals surface area contributed by atoms with Crippen LogP contribution in [0.2, 0.25) is 0 Å². The number of halogens is 6. The lowest BCUT2D eigenvalue weighted by molar-refractivity contribution is -0.330. The molecule has 0 spiro atoms. The van der Waals surface area contributed by atoms with Crippen LogP contribution in [-0.2, 0) is 9.53 Å². The molecule has 0 rings (SSSR count). The van der Waals surface area contributed by atoms with Gasteiger partial charge >= 0.3 is 18.3 Å². The summed E-state index contributed by atoms with van der Waals surface area (Å²) in [6.07, 6.45) is -17.3. The van der Waals surface area contributed by atoms with E-state index in [1.807, 2.05) is 0 Å². The van der Waals surface area contributed by atoms with Gasteiger partial charge in [0.05, 0.1) is 6.10 Å². The van der Waals surface area contributed by atoms with Gasteiger partial charge in [-0.3, -0.25) is 4.79 Å². The fourth-order valence-corrected chi connectivity index (χ4v) is 1.82. The molecule has 10 heteroatoms. The minimum atomic E-state index is -5.62. The number of nitrogens with one attached hydrogen (secondary N) is 1. The number of carboxylic acid groups (broad SMARTS) is 1. The summed E-state index contributed by atoms with van der Waals surface area (Å²) in [6.45, 7) is 3.86. The maximum absolute atomic E-state index is 12.3. The maximum atomic E-state index is 12.3. The van der Waals surface area contributed by atoms with Gasteiger partial charge in [-0.1, -0.05) is 6.92 Å². The number of rotatable bonds is 7. The average Bonchev–Trinajstić information content (AvgIpc) is 2.22. The van der Waals surface area contributed by atoms with Gasteiger partial charge in [-0.05, 0) is 20.4 Å². The summed E-state index contributed by atoms with van der Waals surface area (Å²) in [5.41, 5.74) is -1.68. The second kappa shape index (κ2) is 6.82. The fourth-order valence-electron chi connectivity index (χ4n) is 1.82. The second-order valence-electron chi connectivity index (χ2n) is 4.78. The van der Waals surface area contributed by atoms with E-state index in [2.05, 4.69) is 10.1 Å². The molecule has 126 valence electrons. The zero-order chi connectivity index (χ0) is 17.1. The molecule has 0 aromatic heterocycles. The molecule has 0 saturated carbocycles. The first-order valence-electron chi connectivity index (χ1n) is 6.01. The number of carboxylic acids is 1. The van der Waals surface area contributed by atoms with Crippen LogP contribution in [0.1, 0.15) is 27.2 Å². The van der Waals surface area contributed by atoms with Crippen molar-refractivity contribution in [3.8, 4) is 0 Å². The third-order valence-electron chi connectivity index (χ3n) is 2.70. The molecule has 0 radical (unpaired) electrons.